The maximum Gasteiger partial charge on any atom is 0.257 e. The van der Waals surface area contributed by atoms with Crippen molar-refractivity contribution in [3.05, 3.63) is 63.6 Å². The van der Waals surface area contributed by atoms with Gasteiger partial charge in [-0.15, -0.1) is 0 Å². The van der Waals surface area contributed by atoms with E-state index in [4.69, 9.17) is 23.2 Å². The molecule has 0 heterocycles. The lowest BCUT2D eigenvalue weighted by Gasteiger charge is -2.29. The molecule has 2 aromatic carbocycles. The van der Waals surface area contributed by atoms with Crippen molar-refractivity contribution in [1.29, 1.82) is 0 Å². The summed E-state index contributed by atoms with van der Waals surface area (Å²) in [4.78, 5) is 12.4. The van der Waals surface area contributed by atoms with Crippen molar-refractivity contribution in [2.24, 2.45) is 5.92 Å². The highest BCUT2D eigenvalue weighted by molar-refractivity contribution is 6.37. The van der Waals surface area contributed by atoms with Crippen LogP contribution in [0.15, 0.2) is 42.5 Å². The molecule has 0 radical (unpaired) electrons. The number of carbonyl (C=O) groups is 1. The van der Waals surface area contributed by atoms with E-state index in [1.807, 2.05) is 12.1 Å². The fourth-order valence-corrected chi connectivity index (χ4v) is 4.67. The molecule has 0 bridgehead atoms. The van der Waals surface area contributed by atoms with Crippen LogP contribution in [0, 0.1) is 5.92 Å². The highest BCUT2D eigenvalue weighted by Gasteiger charge is 2.22. The molecule has 2 aromatic rings. The molecule has 3 rings (SSSR count). The Balaban J connectivity index is 1.53. The van der Waals surface area contributed by atoms with Gasteiger partial charge in [-0.1, -0.05) is 67.9 Å². The van der Waals surface area contributed by atoms with Crippen molar-refractivity contribution in [1.82, 2.24) is 0 Å². The Bertz CT molecular complexity index is 780. The van der Waals surface area contributed by atoms with E-state index in [9.17, 15) is 4.79 Å². The Labute approximate surface area is 178 Å². The number of anilines is 1. The molecule has 0 atom stereocenters. The van der Waals surface area contributed by atoms with E-state index in [1.54, 1.807) is 18.2 Å². The van der Waals surface area contributed by atoms with Crippen molar-refractivity contribution in [2.45, 2.75) is 64.2 Å². The first-order valence-electron chi connectivity index (χ1n) is 10.4. The second-order valence-corrected chi connectivity index (χ2v) is 8.76. The number of rotatable bonds is 7. The van der Waals surface area contributed by atoms with Gasteiger partial charge in [-0.2, -0.15) is 0 Å². The zero-order valence-electron chi connectivity index (χ0n) is 16.5. The monoisotopic (exact) mass is 417 g/mol. The first kappa shape index (κ1) is 21.2. The van der Waals surface area contributed by atoms with Crippen molar-refractivity contribution in [3.63, 3.8) is 0 Å². The van der Waals surface area contributed by atoms with E-state index >= 15 is 0 Å². The first-order valence-corrected chi connectivity index (χ1v) is 11.2. The van der Waals surface area contributed by atoms with Crippen LogP contribution in [-0.2, 0) is 0 Å². The summed E-state index contributed by atoms with van der Waals surface area (Å²) in [6.07, 6.45) is 10.7. The molecule has 1 fully saturated rings. The van der Waals surface area contributed by atoms with Crippen LogP contribution in [0.25, 0.3) is 0 Å². The van der Waals surface area contributed by atoms with Crippen LogP contribution in [0.2, 0.25) is 10.0 Å². The zero-order chi connectivity index (χ0) is 19.9. The second kappa shape index (κ2) is 10.3. The van der Waals surface area contributed by atoms with Gasteiger partial charge in [0.2, 0.25) is 0 Å². The quantitative estimate of drug-likeness (QED) is 0.452. The fourth-order valence-electron chi connectivity index (χ4n) is 4.18. The molecule has 0 unspecified atom stereocenters. The number of halogens is 2. The van der Waals surface area contributed by atoms with E-state index in [2.05, 4.69) is 24.4 Å². The normalized spacial score (nSPS) is 19.4. The average Bonchev–Trinajstić information content (AvgIpc) is 2.69. The predicted octanol–water partition coefficient (Wildman–Crippen LogP) is 8.10. The smallest absolute Gasteiger partial charge is 0.257 e. The molecule has 0 saturated heterocycles. The van der Waals surface area contributed by atoms with Crippen LogP contribution in [0.5, 0.6) is 0 Å². The Hall–Kier alpha value is -1.51. The maximum atomic E-state index is 12.4. The van der Waals surface area contributed by atoms with Crippen molar-refractivity contribution in [2.75, 3.05) is 5.32 Å². The van der Waals surface area contributed by atoms with Crippen LogP contribution < -0.4 is 5.32 Å². The summed E-state index contributed by atoms with van der Waals surface area (Å²) in [5.74, 6) is 1.35. The van der Waals surface area contributed by atoms with Gasteiger partial charge in [0.1, 0.15) is 0 Å². The topological polar surface area (TPSA) is 29.1 Å². The largest absolute Gasteiger partial charge is 0.322 e. The molecule has 4 heteroatoms. The van der Waals surface area contributed by atoms with Crippen LogP contribution in [0.4, 0.5) is 5.69 Å². The molecule has 150 valence electrons. The third-order valence-electron chi connectivity index (χ3n) is 5.88. The SMILES string of the molecule is CCCCCC1CCC(c2ccc(NC(=O)c3ccc(Cl)cc3Cl)cc2)CC1. The van der Waals surface area contributed by atoms with Gasteiger partial charge in [0, 0.05) is 10.7 Å². The molecule has 0 aliphatic heterocycles. The number of unbranched alkanes of at least 4 members (excludes halogenated alkanes) is 2. The van der Waals surface area contributed by atoms with Crippen molar-refractivity contribution < 1.29 is 4.79 Å². The molecule has 1 N–H and O–H groups in total. The summed E-state index contributed by atoms with van der Waals surface area (Å²) in [6, 6.07) is 13.2. The summed E-state index contributed by atoms with van der Waals surface area (Å²) in [5, 5.41) is 3.80. The molecule has 0 aromatic heterocycles. The van der Waals surface area contributed by atoms with Gasteiger partial charge in [-0.05, 0) is 73.4 Å². The van der Waals surface area contributed by atoms with E-state index in [0.717, 1.165) is 11.6 Å². The number of amides is 1. The minimum atomic E-state index is -0.220. The van der Waals surface area contributed by atoms with Gasteiger partial charge in [-0.25, -0.2) is 0 Å². The first-order chi connectivity index (χ1) is 13.6. The number of benzene rings is 2. The van der Waals surface area contributed by atoms with Crippen LogP contribution >= 0.6 is 23.2 Å². The molecular formula is C24H29Cl2NO. The summed E-state index contributed by atoms with van der Waals surface area (Å²) in [5.41, 5.74) is 2.60. The predicted molar refractivity (Wildman–Crippen MR) is 120 cm³/mol. The zero-order valence-corrected chi connectivity index (χ0v) is 18.0. The Kier molecular flexibility index (Phi) is 7.82. The highest BCUT2D eigenvalue weighted by atomic mass is 35.5. The molecule has 1 saturated carbocycles. The Morgan fingerprint density at radius 2 is 1.71 bits per heavy atom. The van der Waals surface area contributed by atoms with E-state index in [0.29, 0.717) is 21.5 Å². The summed E-state index contributed by atoms with van der Waals surface area (Å²) >= 11 is 12.0. The summed E-state index contributed by atoms with van der Waals surface area (Å²) in [6.45, 7) is 2.27. The van der Waals surface area contributed by atoms with Gasteiger partial charge in [0.25, 0.3) is 5.91 Å². The lowest BCUT2D eigenvalue weighted by molar-refractivity contribution is 0.102. The third kappa shape index (κ3) is 5.75. The van der Waals surface area contributed by atoms with Gasteiger partial charge in [0.05, 0.1) is 10.6 Å². The van der Waals surface area contributed by atoms with Crippen LogP contribution in [0.1, 0.15) is 80.1 Å². The number of nitrogens with one attached hydrogen (secondary N) is 1. The van der Waals surface area contributed by atoms with E-state index < -0.39 is 0 Å². The average molecular weight is 418 g/mol. The van der Waals surface area contributed by atoms with Gasteiger partial charge in [-0.3, -0.25) is 4.79 Å². The maximum absolute atomic E-state index is 12.4. The van der Waals surface area contributed by atoms with Gasteiger partial charge < -0.3 is 5.32 Å². The fraction of sp³-hybridized carbons (Fsp3) is 0.458. The lowest BCUT2D eigenvalue weighted by Crippen LogP contribution is -2.14. The molecular weight excluding hydrogens is 389 g/mol. The summed E-state index contributed by atoms with van der Waals surface area (Å²) < 4.78 is 0. The molecule has 1 amide bonds. The van der Waals surface area contributed by atoms with Crippen LogP contribution in [-0.4, -0.2) is 5.91 Å². The van der Waals surface area contributed by atoms with Gasteiger partial charge in [0.15, 0.2) is 0 Å². The molecule has 1 aliphatic carbocycles. The Morgan fingerprint density at radius 3 is 2.36 bits per heavy atom. The number of carbonyl (C=O) groups excluding carboxylic acids is 1. The lowest BCUT2D eigenvalue weighted by atomic mass is 9.77. The number of hydrogen-bond acceptors (Lipinski definition) is 1. The minimum absolute atomic E-state index is 0.220. The molecule has 28 heavy (non-hydrogen) atoms. The van der Waals surface area contributed by atoms with E-state index in [1.165, 1.54) is 56.9 Å². The van der Waals surface area contributed by atoms with Gasteiger partial charge >= 0.3 is 0 Å². The number of hydrogen-bond donors (Lipinski definition) is 1. The van der Waals surface area contributed by atoms with Crippen molar-refractivity contribution >= 4 is 34.8 Å². The molecule has 2 nitrogen and oxygen atoms in total. The summed E-state index contributed by atoms with van der Waals surface area (Å²) in [7, 11) is 0. The van der Waals surface area contributed by atoms with E-state index in [-0.39, 0.29) is 5.91 Å². The minimum Gasteiger partial charge on any atom is -0.322 e. The molecule has 0 spiro atoms. The standard InChI is InChI=1S/C24H29Cl2NO/c1-2-3-4-5-17-6-8-18(9-7-17)19-10-13-21(14-11-19)27-24(28)22-15-12-20(25)16-23(22)26/h10-18H,2-9H2,1H3,(H,27,28). The highest BCUT2D eigenvalue weighted by Crippen LogP contribution is 2.38. The third-order valence-corrected chi connectivity index (χ3v) is 6.43. The molecule has 1 aliphatic rings. The second-order valence-electron chi connectivity index (χ2n) is 7.91. The van der Waals surface area contributed by atoms with Crippen LogP contribution in [0.3, 0.4) is 0 Å². The van der Waals surface area contributed by atoms with Crippen molar-refractivity contribution in [3.8, 4) is 0 Å². The Morgan fingerprint density at radius 1 is 1.00 bits per heavy atom.